The third-order valence-electron chi connectivity index (χ3n) is 3.62. The molecule has 0 spiro atoms. The topological polar surface area (TPSA) is 6.48 Å². The number of hydrogen-bond donors (Lipinski definition) is 0. The molecule has 114 valence electrons. The van der Waals surface area contributed by atoms with E-state index in [4.69, 9.17) is 0 Å². The first-order valence-corrected chi connectivity index (χ1v) is 9.65. The number of hydrogen-bond acceptors (Lipinski definition) is 2. The SMILES string of the molecule is CC(C)(C)[N]([Ge][N](C1=CC=CC1)C(C)(C)C)C1=CC=CC1. The zero-order valence-corrected chi connectivity index (χ0v) is 16.4. The summed E-state index contributed by atoms with van der Waals surface area (Å²) in [5, 5.41) is 0. The van der Waals surface area contributed by atoms with E-state index in [0.29, 0.717) is 0 Å². The van der Waals surface area contributed by atoms with E-state index in [1.165, 1.54) is 11.4 Å². The first kappa shape index (κ1) is 16.5. The monoisotopic (exact) mass is 346 g/mol. The van der Waals surface area contributed by atoms with Crippen LogP contribution in [-0.4, -0.2) is 34.7 Å². The van der Waals surface area contributed by atoms with Crippen LogP contribution in [0.25, 0.3) is 0 Å². The zero-order valence-electron chi connectivity index (χ0n) is 14.3. The van der Waals surface area contributed by atoms with Gasteiger partial charge in [-0.25, -0.2) is 0 Å². The quantitative estimate of drug-likeness (QED) is 0.697. The maximum absolute atomic E-state index is 2.66. The van der Waals surface area contributed by atoms with E-state index in [9.17, 15) is 0 Å². The van der Waals surface area contributed by atoms with Crippen LogP contribution in [0.2, 0.25) is 0 Å². The van der Waals surface area contributed by atoms with Gasteiger partial charge in [-0.2, -0.15) is 0 Å². The second-order valence-corrected chi connectivity index (χ2v) is 9.99. The Hall–Kier alpha value is -0.897. The van der Waals surface area contributed by atoms with Crippen molar-refractivity contribution in [2.24, 2.45) is 0 Å². The van der Waals surface area contributed by atoms with Gasteiger partial charge >= 0.3 is 137 Å². The van der Waals surface area contributed by atoms with Crippen LogP contribution in [0.4, 0.5) is 0 Å². The molecule has 0 aromatic heterocycles. The summed E-state index contributed by atoms with van der Waals surface area (Å²) in [6, 6.07) is 0. The average Bonchev–Trinajstić information content (AvgIpc) is 2.96. The van der Waals surface area contributed by atoms with E-state index < -0.39 is 15.9 Å². The molecule has 3 heteroatoms. The van der Waals surface area contributed by atoms with Crippen molar-refractivity contribution < 1.29 is 0 Å². The Morgan fingerprint density at radius 1 is 0.762 bits per heavy atom. The zero-order chi connectivity index (χ0) is 15.7. The molecule has 0 aliphatic heterocycles. The van der Waals surface area contributed by atoms with Crippen molar-refractivity contribution in [2.75, 3.05) is 0 Å². The Morgan fingerprint density at radius 3 is 1.38 bits per heavy atom. The molecule has 2 radical (unpaired) electrons. The first-order chi connectivity index (χ1) is 9.69. The van der Waals surface area contributed by atoms with Crippen LogP contribution in [-0.2, 0) is 0 Å². The maximum atomic E-state index is 2.66. The molecular weight excluding hydrogens is 317 g/mol. The molecule has 2 rings (SSSR count). The normalized spacial score (nSPS) is 18.0. The summed E-state index contributed by atoms with van der Waals surface area (Å²) in [6.07, 6.45) is 15.6. The standard InChI is InChI=1S/C18H28GeN2/c1-17(2,3)20(15-11-7-8-12-15)19-21(18(4,5)6)16-13-9-10-14-16/h7-11,13H,12,14H2,1-6H3. The summed E-state index contributed by atoms with van der Waals surface area (Å²) < 4.78 is 5.33. The summed E-state index contributed by atoms with van der Waals surface area (Å²) in [6.45, 7) is 14.0. The molecule has 2 aliphatic rings. The van der Waals surface area contributed by atoms with E-state index in [2.05, 4.69) is 85.7 Å². The van der Waals surface area contributed by atoms with Gasteiger partial charge in [0.25, 0.3) is 0 Å². The third kappa shape index (κ3) is 4.06. The predicted octanol–water partition coefficient (Wildman–Crippen LogP) is 4.41. The van der Waals surface area contributed by atoms with Gasteiger partial charge in [-0.15, -0.1) is 0 Å². The molecule has 0 atom stereocenters. The molecule has 0 aromatic carbocycles. The molecule has 0 saturated carbocycles. The second kappa shape index (κ2) is 6.07. The Kier molecular flexibility index (Phi) is 4.76. The molecular formula is C18H28GeN2. The van der Waals surface area contributed by atoms with E-state index in [0.717, 1.165) is 12.8 Å². The van der Waals surface area contributed by atoms with Gasteiger partial charge in [0.2, 0.25) is 0 Å². The van der Waals surface area contributed by atoms with Crippen LogP contribution in [0.5, 0.6) is 0 Å². The van der Waals surface area contributed by atoms with Crippen LogP contribution in [0.3, 0.4) is 0 Å². The van der Waals surface area contributed by atoms with Gasteiger partial charge in [-0.1, -0.05) is 0 Å². The summed E-state index contributed by atoms with van der Waals surface area (Å²) in [5.41, 5.74) is 3.30. The Balaban J connectivity index is 2.24. The fraction of sp³-hybridized carbons (Fsp3) is 0.556. The molecule has 21 heavy (non-hydrogen) atoms. The summed E-state index contributed by atoms with van der Waals surface area (Å²) in [4.78, 5) is 0. The minimum absolute atomic E-state index is 0.175. The van der Waals surface area contributed by atoms with Gasteiger partial charge in [0, 0.05) is 0 Å². The molecule has 0 N–H and O–H groups in total. The van der Waals surface area contributed by atoms with Crippen LogP contribution >= 0.6 is 0 Å². The van der Waals surface area contributed by atoms with Crippen LogP contribution < -0.4 is 0 Å². The summed E-state index contributed by atoms with van der Waals surface area (Å²) >= 11 is -0.426. The third-order valence-corrected chi connectivity index (χ3v) is 8.48. The summed E-state index contributed by atoms with van der Waals surface area (Å²) in [7, 11) is 0. The molecule has 0 aromatic rings. The molecule has 0 bridgehead atoms. The van der Waals surface area contributed by atoms with Crippen molar-refractivity contribution in [2.45, 2.75) is 65.5 Å². The van der Waals surface area contributed by atoms with Gasteiger partial charge in [0.15, 0.2) is 0 Å². The van der Waals surface area contributed by atoms with Crippen molar-refractivity contribution >= 4 is 15.9 Å². The van der Waals surface area contributed by atoms with Crippen LogP contribution in [0, 0.1) is 0 Å². The van der Waals surface area contributed by atoms with Crippen molar-refractivity contribution in [3.05, 3.63) is 47.9 Å². The minimum atomic E-state index is -0.426. The predicted molar refractivity (Wildman–Crippen MR) is 92.6 cm³/mol. The molecule has 0 unspecified atom stereocenters. The van der Waals surface area contributed by atoms with Crippen LogP contribution in [0.15, 0.2) is 47.9 Å². The van der Waals surface area contributed by atoms with Gasteiger partial charge < -0.3 is 0 Å². The van der Waals surface area contributed by atoms with Crippen LogP contribution in [0.1, 0.15) is 54.4 Å². The fourth-order valence-electron chi connectivity index (χ4n) is 2.59. The van der Waals surface area contributed by atoms with Gasteiger partial charge in [-0.05, 0) is 0 Å². The van der Waals surface area contributed by atoms with Crippen molar-refractivity contribution in [1.82, 2.24) is 7.71 Å². The number of rotatable bonds is 4. The van der Waals surface area contributed by atoms with E-state index in [1.54, 1.807) is 0 Å². The molecule has 0 saturated heterocycles. The molecule has 2 aliphatic carbocycles. The van der Waals surface area contributed by atoms with Crippen molar-refractivity contribution in [3.63, 3.8) is 0 Å². The Labute approximate surface area is 137 Å². The van der Waals surface area contributed by atoms with Gasteiger partial charge in [0.1, 0.15) is 0 Å². The average molecular weight is 345 g/mol. The van der Waals surface area contributed by atoms with Gasteiger partial charge in [0.05, 0.1) is 0 Å². The Bertz CT molecular complexity index is 452. The van der Waals surface area contributed by atoms with Gasteiger partial charge in [-0.3, -0.25) is 0 Å². The van der Waals surface area contributed by atoms with E-state index in [-0.39, 0.29) is 11.1 Å². The number of nitrogens with zero attached hydrogens (tertiary/aromatic N) is 2. The van der Waals surface area contributed by atoms with Crippen molar-refractivity contribution in [1.29, 1.82) is 0 Å². The first-order valence-electron chi connectivity index (χ1n) is 7.78. The molecule has 0 fully saturated rings. The summed E-state index contributed by atoms with van der Waals surface area (Å²) in [5.74, 6) is 0. The second-order valence-electron chi connectivity index (χ2n) is 7.69. The van der Waals surface area contributed by atoms with Crippen molar-refractivity contribution in [3.8, 4) is 0 Å². The van der Waals surface area contributed by atoms with E-state index in [1.807, 2.05) is 0 Å². The van der Waals surface area contributed by atoms with E-state index >= 15 is 0 Å². The molecule has 2 nitrogen and oxygen atoms in total. The fourth-order valence-corrected chi connectivity index (χ4v) is 5.51. The Morgan fingerprint density at radius 2 is 1.14 bits per heavy atom. The molecule has 0 amide bonds. The molecule has 0 heterocycles. The number of allylic oxidation sites excluding steroid dienone is 6.